The van der Waals surface area contributed by atoms with E-state index in [9.17, 15) is 0 Å². The molecule has 0 radical (unpaired) electrons. The van der Waals surface area contributed by atoms with E-state index in [-0.39, 0.29) is 0 Å². The van der Waals surface area contributed by atoms with Crippen molar-refractivity contribution in [2.24, 2.45) is 0 Å². The van der Waals surface area contributed by atoms with Crippen LogP contribution in [0.4, 0.5) is 0 Å². The first-order valence-electron chi connectivity index (χ1n) is 4.52. The summed E-state index contributed by atoms with van der Waals surface area (Å²) in [5.74, 6) is 0. The largest absolute Gasteiger partial charge is 0.143 e. The first kappa shape index (κ1) is 11.6. The van der Waals surface area contributed by atoms with E-state index in [4.69, 9.17) is 0 Å². The summed E-state index contributed by atoms with van der Waals surface area (Å²) in [5, 5.41) is 0. The third-order valence-corrected chi connectivity index (χ3v) is 2.04. The number of hydrogen-bond acceptors (Lipinski definition) is 1. The highest BCUT2D eigenvalue weighted by atomic mass is 32.1. The Morgan fingerprint density at radius 2 is 1.83 bits per heavy atom. The molecule has 0 fully saturated rings. The molecule has 0 aromatic heterocycles. The fourth-order valence-corrected chi connectivity index (χ4v) is 1.41. The zero-order chi connectivity index (χ0) is 9.56. The summed E-state index contributed by atoms with van der Waals surface area (Å²) in [4.78, 5) is 1.11. The molecule has 0 atom stereocenters. The average molecular weight is 182 g/mol. The van der Waals surface area contributed by atoms with Crippen LogP contribution in [0.25, 0.3) is 0 Å². The molecule has 0 aliphatic rings. The van der Waals surface area contributed by atoms with E-state index < -0.39 is 0 Å². The average Bonchev–Trinajstić information content (AvgIpc) is 2.08. The molecule has 0 aliphatic heterocycles. The van der Waals surface area contributed by atoms with Crippen molar-refractivity contribution in [1.29, 1.82) is 0 Å². The molecule has 1 heteroatoms. The van der Waals surface area contributed by atoms with Gasteiger partial charge in [-0.2, -0.15) is 0 Å². The monoisotopic (exact) mass is 182 g/mol. The minimum absolute atomic E-state index is 1.07. The van der Waals surface area contributed by atoms with Gasteiger partial charge in [0.2, 0.25) is 0 Å². The molecular formula is C11H18S. The van der Waals surface area contributed by atoms with Gasteiger partial charge in [0, 0.05) is 4.90 Å². The van der Waals surface area contributed by atoms with Gasteiger partial charge in [0.05, 0.1) is 0 Å². The molecule has 0 N–H and O–H groups in total. The first-order chi connectivity index (χ1) is 5.74. The number of benzene rings is 1. The molecule has 0 aliphatic carbocycles. The highest BCUT2D eigenvalue weighted by Crippen LogP contribution is 2.15. The Morgan fingerprint density at radius 3 is 2.25 bits per heavy atom. The zero-order valence-corrected chi connectivity index (χ0v) is 9.28. The van der Waals surface area contributed by atoms with E-state index in [2.05, 4.69) is 44.7 Å². The summed E-state index contributed by atoms with van der Waals surface area (Å²) in [5.41, 5.74) is 2.61. The molecule has 0 unspecified atom stereocenters. The number of thiol groups is 1. The van der Waals surface area contributed by atoms with Gasteiger partial charge >= 0.3 is 0 Å². The third kappa shape index (κ3) is 3.31. The van der Waals surface area contributed by atoms with E-state index in [0.717, 1.165) is 11.3 Å². The fraction of sp³-hybridized carbons (Fsp3) is 0.455. The van der Waals surface area contributed by atoms with Crippen LogP contribution in [0, 0.1) is 6.92 Å². The van der Waals surface area contributed by atoms with Crippen LogP contribution < -0.4 is 0 Å². The third-order valence-electron chi connectivity index (χ3n) is 1.62. The lowest BCUT2D eigenvalue weighted by atomic mass is 10.1. The predicted octanol–water partition coefficient (Wildman–Crippen LogP) is 3.87. The molecule has 0 saturated heterocycles. The van der Waals surface area contributed by atoms with Crippen molar-refractivity contribution in [2.75, 3.05) is 0 Å². The van der Waals surface area contributed by atoms with Crippen molar-refractivity contribution in [3.8, 4) is 0 Å². The van der Waals surface area contributed by atoms with Gasteiger partial charge in [-0.1, -0.05) is 38.5 Å². The normalized spacial score (nSPS) is 8.75. The molecule has 0 nitrogen and oxygen atoms in total. The van der Waals surface area contributed by atoms with Gasteiger partial charge in [-0.15, -0.1) is 12.6 Å². The molecule has 12 heavy (non-hydrogen) atoms. The maximum absolute atomic E-state index is 4.35. The van der Waals surface area contributed by atoms with Gasteiger partial charge in [0.25, 0.3) is 0 Å². The smallest absolute Gasteiger partial charge is 0.00745 e. The van der Waals surface area contributed by atoms with Crippen LogP contribution in [0.1, 0.15) is 31.9 Å². The molecule has 0 amide bonds. The molecule has 0 heterocycles. The number of aryl methyl sites for hydroxylation is 2. The second-order valence-corrected chi connectivity index (χ2v) is 2.97. The van der Waals surface area contributed by atoms with Crippen molar-refractivity contribution in [3.63, 3.8) is 0 Å². The fourth-order valence-electron chi connectivity index (χ4n) is 0.973. The van der Waals surface area contributed by atoms with Crippen molar-refractivity contribution in [3.05, 3.63) is 29.3 Å². The molecule has 1 aromatic carbocycles. The molecule has 1 aromatic rings. The van der Waals surface area contributed by atoms with Gasteiger partial charge < -0.3 is 0 Å². The van der Waals surface area contributed by atoms with Crippen LogP contribution in [0.2, 0.25) is 0 Å². The Morgan fingerprint density at radius 1 is 1.25 bits per heavy atom. The Balaban J connectivity index is 0.000000561. The summed E-state index contributed by atoms with van der Waals surface area (Å²) in [6, 6.07) is 6.36. The minimum Gasteiger partial charge on any atom is -0.143 e. The molecule has 0 spiro atoms. The van der Waals surface area contributed by atoms with E-state index >= 15 is 0 Å². The topological polar surface area (TPSA) is 0 Å². The Bertz CT molecular complexity index is 228. The SMILES string of the molecule is CC.CCc1ccc(C)cc1S. The van der Waals surface area contributed by atoms with Crippen molar-refractivity contribution in [1.82, 2.24) is 0 Å². The molecule has 1 rings (SSSR count). The maximum Gasteiger partial charge on any atom is 0.00745 e. The molecular weight excluding hydrogens is 164 g/mol. The van der Waals surface area contributed by atoms with Gasteiger partial charge in [-0.25, -0.2) is 0 Å². The lowest BCUT2D eigenvalue weighted by molar-refractivity contribution is 1.08. The highest BCUT2D eigenvalue weighted by Gasteiger charge is 1.94. The number of rotatable bonds is 1. The summed E-state index contributed by atoms with van der Waals surface area (Å²) < 4.78 is 0. The van der Waals surface area contributed by atoms with Crippen LogP contribution in [-0.4, -0.2) is 0 Å². The summed E-state index contributed by atoms with van der Waals surface area (Å²) >= 11 is 4.35. The van der Waals surface area contributed by atoms with Gasteiger partial charge in [-0.3, -0.25) is 0 Å². The predicted molar refractivity (Wildman–Crippen MR) is 59.2 cm³/mol. The van der Waals surface area contributed by atoms with Crippen LogP contribution in [0.3, 0.4) is 0 Å². The first-order valence-corrected chi connectivity index (χ1v) is 4.97. The second kappa shape index (κ2) is 6.13. The standard InChI is InChI=1S/C9H12S.C2H6/c1-3-8-5-4-7(2)6-9(8)10;1-2/h4-6,10H,3H2,1-2H3;1-2H3. The van der Waals surface area contributed by atoms with E-state index in [1.807, 2.05) is 13.8 Å². The van der Waals surface area contributed by atoms with E-state index in [1.54, 1.807) is 0 Å². The summed E-state index contributed by atoms with van der Waals surface area (Å²) in [6.07, 6.45) is 1.07. The molecule has 0 bridgehead atoms. The Kier molecular flexibility index (Phi) is 5.91. The van der Waals surface area contributed by atoms with Crippen molar-refractivity contribution < 1.29 is 0 Å². The highest BCUT2D eigenvalue weighted by molar-refractivity contribution is 7.80. The van der Waals surface area contributed by atoms with Crippen molar-refractivity contribution >= 4 is 12.6 Å². The van der Waals surface area contributed by atoms with Crippen LogP contribution in [0.5, 0.6) is 0 Å². The summed E-state index contributed by atoms with van der Waals surface area (Å²) in [6.45, 7) is 8.23. The lowest BCUT2D eigenvalue weighted by Gasteiger charge is -2.01. The molecule has 0 saturated carbocycles. The van der Waals surface area contributed by atoms with E-state index in [1.165, 1.54) is 11.1 Å². The Labute approximate surface area is 81.4 Å². The maximum atomic E-state index is 4.35. The number of hydrogen-bond donors (Lipinski definition) is 1. The van der Waals surface area contributed by atoms with Gasteiger partial charge in [0.1, 0.15) is 0 Å². The van der Waals surface area contributed by atoms with Gasteiger partial charge in [0.15, 0.2) is 0 Å². The minimum atomic E-state index is 1.07. The van der Waals surface area contributed by atoms with Crippen LogP contribution in [0.15, 0.2) is 23.1 Å². The van der Waals surface area contributed by atoms with Crippen LogP contribution >= 0.6 is 12.6 Å². The lowest BCUT2D eigenvalue weighted by Crippen LogP contribution is -1.82. The Hall–Kier alpha value is -0.430. The van der Waals surface area contributed by atoms with Crippen LogP contribution in [-0.2, 0) is 6.42 Å². The second-order valence-electron chi connectivity index (χ2n) is 2.49. The van der Waals surface area contributed by atoms with Crippen molar-refractivity contribution in [2.45, 2.75) is 39.0 Å². The quantitative estimate of drug-likeness (QED) is 0.626. The summed E-state index contributed by atoms with van der Waals surface area (Å²) in [7, 11) is 0. The van der Waals surface area contributed by atoms with E-state index in [0.29, 0.717) is 0 Å². The zero-order valence-electron chi connectivity index (χ0n) is 8.39. The molecule has 68 valence electrons. The van der Waals surface area contributed by atoms with Gasteiger partial charge in [-0.05, 0) is 25.0 Å².